The number of aryl methyl sites for hydroxylation is 2. The van der Waals surface area contributed by atoms with Gasteiger partial charge in [0, 0.05) is 13.2 Å². The first-order chi connectivity index (χ1) is 10.0. The topological polar surface area (TPSA) is 55.6 Å². The Bertz CT molecular complexity index is 494. The van der Waals surface area contributed by atoms with E-state index in [1.54, 1.807) is 7.11 Å². The van der Waals surface area contributed by atoms with Crippen LogP contribution >= 0.6 is 0 Å². The van der Waals surface area contributed by atoms with Crippen molar-refractivity contribution >= 4 is 5.91 Å². The Morgan fingerprint density at radius 2 is 1.95 bits per heavy atom. The number of methoxy groups -OCH3 is 1. The Balaban J connectivity index is 1.95. The van der Waals surface area contributed by atoms with Crippen LogP contribution in [-0.2, 0) is 16.0 Å². The van der Waals surface area contributed by atoms with Crippen molar-refractivity contribution < 1.29 is 9.53 Å². The number of ether oxygens (including phenoxy) is 1. The van der Waals surface area contributed by atoms with E-state index < -0.39 is 0 Å². The number of hydrogen-bond acceptors (Lipinski definition) is 3. The van der Waals surface area contributed by atoms with Crippen molar-refractivity contribution in [1.82, 2.24) is 5.01 Å². The van der Waals surface area contributed by atoms with Crippen LogP contribution in [-0.4, -0.2) is 30.2 Å². The van der Waals surface area contributed by atoms with Crippen molar-refractivity contribution in [1.29, 1.82) is 0 Å². The maximum Gasteiger partial charge on any atom is 0.241 e. The lowest BCUT2D eigenvalue weighted by atomic mass is 9.92. The molecule has 1 aliphatic carbocycles. The summed E-state index contributed by atoms with van der Waals surface area (Å²) in [6.07, 6.45) is 4.51. The van der Waals surface area contributed by atoms with Gasteiger partial charge in [-0.25, -0.2) is 5.84 Å². The number of nitrogens with two attached hydrogens (primary N) is 1. The quantitative estimate of drug-likeness (QED) is 0.526. The van der Waals surface area contributed by atoms with Gasteiger partial charge in [-0.3, -0.25) is 9.80 Å². The molecule has 0 aliphatic heterocycles. The zero-order valence-corrected chi connectivity index (χ0v) is 13.3. The zero-order valence-electron chi connectivity index (χ0n) is 13.3. The van der Waals surface area contributed by atoms with Gasteiger partial charge in [0.1, 0.15) is 0 Å². The highest BCUT2D eigenvalue weighted by Gasteiger charge is 2.27. The fraction of sp³-hybridized carbons (Fsp3) is 0.588. The first-order valence-corrected chi connectivity index (χ1v) is 7.67. The summed E-state index contributed by atoms with van der Waals surface area (Å²) in [5.74, 6) is 6.06. The molecule has 2 N–H and O–H groups in total. The zero-order chi connectivity index (χ0) is 15.4. The minimum atomic E-state index is 0.00423. The Morgan fingerprint density at radius 3 is 2.57 bits per heavy atom. The minimum Gasteiger partial charge on any atom is -0.381 e. The van der Waals surface area contributed by atoms with Gasteiger partial charge in [-0.2, -0.15) is 0 Å². The predicted octanol–water partition coefficient (Wildman–Crippen LogP) is 2.51. The molecule has 0 radical (unpaired) electrons. The molecule has 0 aromatic heterocycles. The molecule has 0 heterocycles. The summed E-state index contributed by atoms with van der Waals surface area (Å²) < 4.78 is 5.36. The molecule has 1 amide bonds. The van der Waals surface area contributed by atoms with Gasteiger partial charge < -0.3 is 4.74 Å². The molecule has 21 heavy (non-hydrogen) atoms. The summed E-state index contributed by atoms with van der Waals surface area (Å²) in [4.78, 5) is 12.4. The largest absolute Gasteiger partial charge is 0.381 e. The van der Waals surface area contributed by atoms with Crippen molar-refractivity contribution in [3.63, 3.8) is 0 Å². The van der Waals surface area contributed by atoms with Crippen LogP contribution in [0.5, 0.6) is 0 Å². The molecule has 4 nitrogen and oxygen atoms in total. The molecule has 0 bridgehead atoms. The second-order valence-corrected chi connectivity index (χ2v) is 6.07. The van der Waals surface area contributed by atoms with Gasteiger partial charge in [0.25, 0.3) is 0 Å². The molecule has 1 aromatic carbocycles. The van der Waals surface area contributed by atoms with Crippen molar-refractivity contribution in [2.24, 2.45) is 5.84 Å². The number of benzene rings is 1. The monoisotopic (exact) mass is 290 g/mol. The van der Waals surface area contributed by atoms with E-state index in [0.29, 0.717) is 12.5 Å². The Labute approximate surface area is 127 Å². The molecular weight excluding hydrogens is 264 g/mol. The maximum absolute atomic E-state index is 12.4. The van der Waals surface area contributed by atoms with Crippen molar-refractivity contribution in [2.45, 2.75) is 58.1 Å². The number of carbonyl (C=O) groups is 1. The lowest BCUT2D eigenvalue weighted by molar-refractivity contribution is -0.134. The van der Waals surface area contributed by atoms with Gasteiger partial charge in [-0.05, 0) is 50.7 Å². The Kier molecular flexibility index (Phi) is 5.37. The molecule has 1 saturated carbocycles. The predicted molar refractivity (Wildman–Crippen MR) is 83.7 cm³/mol. The number of carbonyl (C=O) groups excluding carboxylic acids is 1. The number of rotatable bonds is 4. The summed E-state index contributed by atoms with van der Waals surface area (Å²) in [6.45, 7) is 4.08. The minimum absolute atomic E-state index is 0.00423. The lowest BCUT2D eigenvalue weighted by Crippen LogP contribution is -2.48. The van der Waals surface area contributed by atoms with E-state index >= 15 is 0 Å². The highest BCUT2D eigenvalue weighted by molar-refractivity contribution is 5.79. The third kappa shape index (κ3) is 4.05. The van der Waals surface area contributed by atoms with Crippen LogP contribution in [0.1, 0.15) is 42.4 Å². The van der Waals surface area contributed by atoms with Gasteiger partial charge >= 0.3 is 0 Å². The smallest absolute Gasteiger partial charge is 0.241 e. The van der Waals surface area contributed by atoms with E-state index in [0.717, 1.165) is 36.8 Å². The average molecular weight is 290 g/mol. The molecule has 1 fully saturated rings. The lowest BCUT2D eigenvalue weighted by Gasteiger charge is -2.33. The van der Waals surface area contributed by atoms with Gasteiger partial charge in [0.2, 0.25) is 5.91 Å². The molecule has 0 saturated heterocycles. The van der Waals surface area contributed by atoms with Crippen molar-refractivity contribution in [3.05, 3.63) is 34.9 Å². The van der Waals surface area contributed by atoms with E-state index in [1.165, 1.54) is 10.6 Å². The SMILES string of the molecule is COC1CCC(N(N)C(=O)Cc2cc(C)ccc2C)CC1. The standard InChI is InChI=1S/C17H26N2O2/c1-12-4-5-13(2)14(10-12)11-17(20)19(18)15-6-8-16(21-3)9-7-15/h4-5,10,15-16H,6-9,11,18H2,1-3H3. The number of hydrogen-bond donors (Lipinski definition) is 1. The van der Waals surface area contributed by atoms with Gasteiger partial charge in [-0.1, -0.05) is 23.8 Å². The second kappa shape index (κ2) is 7.05. The van der Waals surface area contributed by atoms with Crippen LogP contribution in [0.2, 0.25) is 0 Å². The highest BCUT2D eigenvalue weighted by atomic mass is 16.5. The fourth-order valence-corrected chi connectivity index (χ4v) is 3.01. The van der Waals surface area contributed by atoms with E-state index in [9.17, 15) is 4.79 Å². The molecule has 4 heteroatoms. The van der Waals surface area contributed by atoms with Gasteiger partial charge in [-0.15, -0.1) is 0 Å². The highest BCUT2D eigenvalue weighted by Crippen LogP contribution is 2.24. The maximum atomic E-state index is 12.4. The third-order valence-corrected chi connectivity index (χ3v) is 4.50. The van der Waals surface area contributed by atoms with E-state index in [4.69, 9.17) is 10.6 Å². The Hall–Kier alpha value is -1.39. The molecule has 0 spiro atoms. The molecule has 0 atom stereocenters. The van der Waals surface area contributed by atoms with E-state index in [-0.39, 0.29) is 11.9 Å². The number of hydrazine groups is 1. The summed E-state index contributed by atoms with van der Waals surface area (Å²) in [6, 6.07) is 6.34. The molecular formula is C17H26N2O2. The second-order valence-electron chi connectivity index (χ2n) is 6.07. The average Bonchev–Trinajstić information content (AvgIpc) is 2.50. The third-order valence-electron chi connectivity index (χ3n) is 4.50. The van der Waals surface area contributed by atoms with Crippen LogP contribution < -0.4 is 5.84 Å². The van der Waals surface area contributed by atoms with Crippen LogP contribution in [0.4, 0.5) is 0 Å². The normalized spacial score (nSPS) is 22.1. The summed E-state index contributed by atoms with van der Waals surface area (Å²) in [5, 5.41) is 1.45. The van der Waals surface area contributed by atoms with E-state index in [2.05, 4.69) is 18.2 Å². The molecule has 2 rings (SSSR count). The summed E-state index contributed by atoms with van der Waals surface area (Å²) in [7, 11) is 1.75. The van der Waals surface area contributed by atoms with Crippen molar-refractivity contribution in [3.8, 4) is 0 Å². The van der Waals surface area contributed by atoms with Crippen LogP contribution in [0.15, 0.2) is 18.2 Å². The summed E-state index contributed by atoms with van der Waals surface area (Å²) >= 11 is 0. The van der Waals surface area contributed by atoms with E-state index in [1.807, 2.05) is 13.8 Å². The Morgan fingerprint density at radius 1 is 1.29 bits per heavy atom. The fourth-order valence-electron chi connectivity index (χ4n) is 3.01. The molecule has 1 aromatic rings. The van der Waals surface area contributed by atoms with Crippen LogP contribution in [0, 0.1) is 13.8 Å². The number of amides is 1. The van der Waals surface area contributed by atoms with Gasteiger partial charge in [0.05, 0.1) is 12.5 Å². The van der Waals surface area contributed by atoms with Crippen LogP contribution in [0.25, 0.3) is 0 Å². The summed E-state index contributed by atoms with van der Waals surface area (Å²) in [5.41, 5.74) is 3.39. The molecule has 0 unspecified atom stereocenters. The first kappa shape index (κ1) is 16.0. The number of nitrogens with zero attached hydrogens (tertiary/aromatic N) is 1. The first-order valence-electron chi connectivity index (χ1n) is 7.67. The molecule has 1 aliphatic rings. The molecule has 116 valence electrons. The van der Waals surface area contributed by atoms with Crippen LogP contribution in [0.3, 0.4) is 0 Å². The van der Waals surface area contributed by atoms with Gasteiger partial charge in [0.15, 0.2) is 0 Å². The van der Waals surface area contributed by atoms with Crippen molar-refractivity contribution in [2.75, 3.05) is 7.11 Å².